The summed E-state index contributed by atoms with van der Waals surface area (Å²) < 4.78 is 8.73. The van der Waals surface area contributed by atoms with E-state index in [2.05, 4.69) is 0 Å². The zero-order valence-corrected chi connectivity index (χ0v) is 20.0. The monoisotopic (exact) mass is 486 g/mol. The molecule has 35 heavy (non-hydrogen) atoms. The van der Waals surface area contributed by atoms with Gasteiger partial charge in [0.05, 0.1) is 46.9 Å². The van der Waals surface area contributed by atoms with Crippen LogP contribution in [0.2, 0.25) is 5.02 Å². The van der Waals surface area contributed by atoms with Gasteiger partial charge in [0.2, 0.25) is 0 Å². The van der Waals surface area contributed by atoms with Crippen LogP contribution in [0, 0.1) is 6.92 Å². The van der Waals surface area contributed by atoms with Gasteiger partial charge in [0.1, 0.15) is 5.69 Å². The molecule has 0 amide bonds. The third-order valence-electron chi connectivity index (χ3n) is 5.78. The molecule has 5 aromatic rings. The van der Waals surface area contributed by atoms with E-state index in [4.69, 9.17) is 26.5 Å². The maximum Gasteiger partial charge on any atom is 0.338 e. The van der Waals surface area contributed by atoms with Gasteiger partial charge in [-0.25, -0.2) is 14.0 Å². The topological polar surface area (TPSA) is 81.6 Å². The van der Waals surface area contributed by atoms with E-state index in [-0.39, 0.29) is 13.2 Å². The standard InChI is InChI=1S/C27H23ClN4O3/c1-3-35-27(34)22-14-24-25(23-13-21(16-33)32(29-23)20-7-5-4-6-8-20)26(30-31(24)15-17(22)2)18-9-11-19(28)12-10-18/h4-15,33H,3,16H2,1-2H3. The van der Waals surface area contributed by atoms with Crippen LogP contribution in [0.1, 0.15) is 28.5 Å². The highest BCUT2D eigenvalue weighted by molar-refractivity contribution is 6.30. The van der Waals surface area contributed by atoms with Crippen molar-refractivity contribution in [3.8, 4) is 28.2 Å². The predicted octanol–water partition coefficient (Wildman–Crippen LogP) is 5.48. The molecule has 0 saturated heterocycles. The summed E-state index contributed by atoms with van der Waals surface area (Å²) in [5, 5.41) is 20.4. The normalized spacial score (nSPS) is 11.2. The molecule has 0 unspecified atom stereocenters. The highest BCUT2D eigenvalue weighted by Gasteiger charge is 2.23. The van der Waals surface area contributed by atoms with Crippen molar-refractivity contribution in [2.75, 3.05) is 6.61 Å². The van der Waals surface area contributed by atoms with Gasteiger partial charge >= 0.3 is 5.97 Å². The third-order valence-corrected chi connectivity index (χ3v) is 6.04. The molecule has 3 aromatic heterocycles. The molecule has 5 rings (SSSR count). The van der Waals surface area contributed by atoms with E-state index in [9.17, 15) is 9.90 Å². The Labute approximate surface area is 207 Å². The predicted molar refractivity (Wildman–Crippen MR) is 135 cm³/mol. The molecular formula is C27H23ClN4O3. The van der Waals surface area contributed by atoms with Crippen LogP contribution in [-0.4, -0.2) is 37.1 Å². The summed E-state index contributed by atoms with van der Waals surface area (Å²) in [5.41, 5.74) is 6.27. The van der Waals surface area contributed by atoms with Gasteiger partial charge in [-0.05, 0) is 55.8 Å². The molecule has 3 heterocycles. The van der Waals surface area contributed by atoms with Crippen LogP contribution in [0.25, 0.3) is 33.7 Å². The first-order chi connectivity index (χ1) is 17.0. The van der Waals surface area contributed by atoms with Crippen molar-refractivity contribution in [1.82, 2.24) is 19.4 Å². The van der Waals surface area contributed by atoms with Crippen LogP contribution in [-0.2, 0) is 11.3 Å². The van der Waals surface area contributed by atoms with Crippen molar-refractivity contribution in [3.63, 3.8) is 0 Å². The second kappa shape index (κ2) is 9.37. The Balaban J connectivity index is 1.79. The van der Waals surface area contributed by atoms with Gasteiger partial charge in [-0.3, -0.25) is 0 Å². The number of para-hydroxylation sites is 1. The van der Waals surface area contributed by atoms with Crippen LogP contribution in [0.3, 0.4) is 0 Å². The Morgan fingerprint density at radius 3 is 2.49 bits per heavy atom. The Morgan fingerprint density at radius 2 is 1.80 bits per heavy atom. The molecule has 2 aromatic carbocycles. The number of esters is 1. The number of pyridine rings is 1. The lowest BCUT2D eigenvalue weighted by Gasteiger charge is -2.07. The molecule has 1 N–H and O–H groups in total. The Bertz CT molecular complexity index is 1520. The second-order valence-electron chi connectivity index (χ2n) is 8.08. The molecule has 176 valence electrons. The number of ether oxygens (including phenoxy) is 1. The van der Waals surface area contributed by atoms with Crippen molar-refractivity contribution in [3.05, 3.63) is 94.8 Å². The Hall–Kier alpha value is -3.94. The molecule has 0 saturated carbocycles. The number of aromatic nitrogens is 4. The number of aliphatic hydroxyl groups excluding tert-OH is 1. The average molecular weight is 487 g/mol. The number of rotatable bonds is 6. The number of aliphatic hydroxyl groups is 1. The minimum atomic E-state index is -0.390. The van der Waals surface area contributed by atoms with Gasteiger partial charge in [-0.2, -0.15) is 10.2 Å². The maximum atomic E-state index is 12.6. The third kappa shape index (κ3) is 4.20. The summed E-state index contributed by atoms with van der Waals surface area (Å²) in [5.74, 6) is -0.390. The summed E-state index contributed by atoms with van der Waals surface area (Å²) in [6.45, 7) is 3.72. The lowest BCUT2D eigenvalue weighted by molar-refractivity contribution is 0.0525. The minimum absolute atomic E-state index is 0.190. The number of benzene rings is 2. The molecule has 0 aliphatic heterocycles. The number of nitrogens with zero attached hydrogens (tertiary/aromatic N) is 4. The first kappa shape index (κ1) is 22.8. The smallest absolute Gasteiger partial charge is 0.338 e. The summed E-state index contributed by atoms with van der Waals surface area (Å²) in [7, 11) is 0. The largest absolute Gasteiger partial charge is 0.462 e. The second-order valence-corrected chi connectivity index (χ2v) is 8.51. The minimum Gasteiger partial charge on any atom is -0.462 e. The van der Waals surface area contributed by atoms with Crippen LogP contribution in [0.5, 0.6) is 0 Å². The SMILES string of the molecule is CCOC(=O)c1cc2c(-c3cc(CO)n(-c4ccccc4)n3)c(-c3ccc(Cl)cc3)nn2cc1C. The highest BCUT2D eigenvalue weighted by atomic mass is 35.5. The van der Waals surface area contributed by atoms with Crippen molar-refractivity contribution in [2.24, 2.45) is 0 Å². The summed E-state index contributed by atoms with van der Waals surface area (Å²) in [4.78, 5) is 12.6. The molecule has 0 aliphatic rings. The highest BCUT2D eigenvalue weighted by Crippen LogP contribution is 2.36. The zero-order valence-electron chi connectivity index (χ0n) is 19.3. The molecule has 7 nitrogen and oxygen atoms in total. The van der Waals surface area contributed by atoms with Gasteiger partial charge in [-0.1, -0.05) is 41.9 Å². The fourth-order valence-corrected chi connectivity index (χ4v) is 4.25. The fourth-order valence-electron chi connectivity index (χ4n) is 4.13. The van der Waals surface area contributed by atoms with Crippen molar-refractivity contribution in [2.45, 2.75) is 20.5 Å². The van der Waals surface area contributed by atoms with E-state index in [0.717, 1.165) is 22.4 Å². The molecule has 0 fully saturated rings. The quantitative estimate of drug-likeness (QED) is 0.321. The zero-order chi connectivity index (χ0) is 24.5. The first-order valence-corrected chi connectivity index (χ1v) is 11.6. The van der Waals surface area contributed by atoms with E-state index >= 15 is 0 Å². The maximum absolute atomic E-state index is 12.6. The van der Waals surface area contributed by atoms with Crippen LogP contribution < -0.4 is 0 Å². The summed E-state index contributed by atoms with van der Waals surface area (Å²) in [6, 6.07) is 20.6. The van der Waals surface area contributed by atoms with Crippen molar-refractivity contribution in [1.29, 1.82) is 0 Å². The van der Waals surface area contributed by atoms with Crippen LogP contribution in [0.15, 0.2) is 72.9 Å². The number of fused-ring (bicyclic) bond motifs is 1. The lowest BCUT2D eigenvalue weighted by atomic mass is 10.0. The lowest BCUT2D eigenvalue weighted by Crippen LogP contribution is -2.08. The van der Waals surface area contributed by atoms with E-state index in [1.807, 2.05) is 73.8 Å². The van der Waals surface area contributed by atoms with E-state index in [1.54, 1.807) is 22.2 Å². The van der Waals surface area contributed by atoms with E-state index in [0.29, 0.717) is 33.2 Å². The molecule has 0 bridgehead atoms. The van der Waals surface area contributed by atoms with Crippen molar-refractivity contribution >= 4 is 23.1 Å². The van der Waals surface area contributed by atoms with Gasteiger partial charge in [0.25, 0.3) is 0 Å². The Morgan fingerprint density at radius 1 is 1.06 bits per heavy atom. The van der Waals surface area contributed by atoms with Gasteiger partial charge in [0, 0.05) is 16.8 Å². The number of aryl methyl sites for hydroxylation is 1. The molecule has 8 heteroatoms. The van der Waals surface area contributed by atoms with Crippen molar-refractivity contribution < 1.29 is 14.6 Å². The summed E-state index contributed by atoms with van der Waals surface area (Å²) in [6.07, 6.45) is 1.81. The van der Waals surface area contributed by atoms with Crippen LogP contribution in [0.4, 0.5) is 0 Å². The average Bonchev–Trinajstić information content (AvgIpc) is 3.45. The Kier molecular flexibility index (Phi) is 6.11. The summed E-state index contributed by atoms with van der Waals surface area (Å²) >= 11 is 6.13. The molecule has 0 aliphatic carbocycles. The van der Waals surface area contributed by atoms with E-state index in [1.165, 1.54) is 0 Å². The van der Waals surface area contributed by atoms with Gasteiger partial charge in [0.15, 0.2) is 0 Å². The van der Waals surface area contributed by atoms with Crippen LogP contribution >= 0.6 is 11.6 Å². The van der Waals surface area contributed by atoms with Gasteiger partial charge in [-0.15, -0.1) is 0 Å². The molecule has 0 spiro atoms. The number of hydrogen-bond acceptors (Lipinski definition) is 5. The van der Waals surface area contributed by atoms with Gasteiger partial charge < -0.3 is 9.84 Å². The molecule has 0 radical (unpaired) electrons. The molecule has 0 atom stereocenters. The number of carbonyl (C=O) groups excluding carboxylic acids is 1. The number of halogens is 1. The number of hydrogen-bond donors (Lipinski definition) is 1. The van der Waals surface area contributed by atoms with E-state index < -0.39 is 5.97 Å². The number of carbonyl (C=O) groups is 1. The molecular weight excluding hydrogens is 464 g/mol. The fraction of sp³-hybridized carbons (Fsp3) is 0.148. The first-order valence-electron chi connectivity index (χ1n) is 11.2.